The first kappa shape index (κ1) is 19.7. The number of nitro groups is 1. The normalized spacial score (nSPS) is 10.4. The topological polar surface area (TPSA) is 132 Å². The van der Waals surface area contributed by atoms with Gasteiger partial charge in [-0.1, -0.05) is 29.8 Å². The molecule has 29 heavy (non-hydrogen) atoms. The Hall–Kier alpha value is -4.08. The average molecular weight is 394 g/mol. The van der Waals surface area contributed by atoms with Gasteiger partial charge in [-0.2, -0.15) is 5.10 Å². The molecule has 3 amide bonds. The van der Waals surface area contributed by atoms with Gasteiger partial charge in [-0.05, 0) is 25.5 Å². The molecule has 10 heteroatoms. The number of aryl methyl sites for hydroxylation is 2. The van der Waals surface area contributed by atoms with E-state index in [4.69, 9.17) is 0 Å². The number of hydrogen-bond acceptors (Lipinski definition) is 6. The second-order valence-corrected chi connectivity index (χ2v) is 6.39. The third-order valence-electron chi connectivity index (χ3n) is 4.04. The van der Waals surface area contributed by atoms with E-state index in [-0.39, 0.29) is 18.1 Å². The lowest BCUT2D eigenvalue weighted by molar-refractivity contribution is -0.384. The zero-order valence-electron chi connectivity index (χ0n) is 15.7. The van der Waals surface area contributed by atoms with E-state index >= 15 is 0 Å². The van der Waals surface area contributed by atoms with Gasteiger partial charge in [0.2, 0.25) is 5.91 Å². The van der Waals surface area contributed by atoms with Crippen molar-refractivity contribution < 1.29 is 14.5 Å². The van der Waals surface area contributed by atoms with E-state index in [2.05, 4.69) is 20.7 Å². The Bertz CT molecular complexity index is 1090. The molecule has 0 spiro atoms. The lowest BCUT2D eigenvalue weighted by atomic mass is 10.1. The molecule has 2 N–H and O–H groups in total. The summed E-state index contributed by atoms with van der Waals surface area (Å²) in [7, 11) is 0. The van der Waals surface area contributed by atoms with E-state index in [0.29, 0.717) is 11.3 Å². The summed E-state index contributed by atoms with van der Waals surface area (Å²) >= 11 is 0. The quantitative estimate of drug-likeness (QED) is 0.505. The van der Waals surface area contributed by atoms with Crippen molar-refractivity contribution >= 4 is 23.3 Å². The lowest BCUT2D eigenvalue weighted by Gasteiger charge is -2.09. The molecule has 1 aromatic heterocycles. The molecule has 0 unspecified atom stereocenters. The van der Waals surface area contributed by atoms with E-state index in [9.17, 15) is 19.7 Å². The van der Waals surface area contributed by atoms with Crippen LogP contribution in [0.25, 0.3) is 11.4 Å². The Labute approximate surface area is 165 Å². The van der Waals surface area contributed by atoms with Crippen LogP contribution in [-0.2, 0) is 11.3 Å². The van der Waals surface area contributed by atoms with Crippen LogP contribution < -0.4 is 10.6 Å². The van der Waals surface area contributed by atoms with E-state index < -0.39 is 16.9 Å². The van der Waals surface area contributed by atoms with Gasteiger partial charge in [-0.25, -0.2) is 14.5 Å². The predicted octanol–water partition coefficient (Wildman–Crippen LogP) is 2.82. The number of nitrogens with zero attached hydrogens (tertiary/aromatic N) is 4. The Balaban J connectivity index is 1.60. The molecule has 2 aromatic carbocycles. The number of hydrogen-bond donors (Lipinski definition) is 2. The number of anilines is 1. The van der Waals surface area contributed by atoms with Crippen molar-refractivity contribution in [2.75, 3.05) is 5.32 Å². The maximum atomic E-state index is 12.1. The van der Waals surface area contributed by atoms with Crippen LogP contribution in [0.4, 0.5) is 16.2 Å². The van der Waals surface area contributed by atoms with Gasteiger partial charge in [0.1, 0.15) is 12.9 Å². The first-order valence-corrected chi connectivity index (χ1v) is 8.64. The summed E-state index contributed by atoms with van der Waals surface area (Å²) in [5.41, 5.74) is 2.92. The predicted molar refractivity (Wildman–Crippen MR) is 105 cm³/mol. The van der Waals surface area contributed by atoms with Crippen LogP contribution >= 0.6 is 0 Å². The highest BCUT2D eigenvalue weighted by molar-refractivity contribution is 6.01. The maximum Gasteiger partial charge on any atom is 0.325 e. The number of carbonyl (C=O) groups is 2. The third-order valence-corrected chi connectivity index (χ3v) is 4.04. The summed E-state index contributed by atoms with van der Waals surface area (Å²) in [4.78, 5) is 38.5. The highest BCUT2D eigenvalue weighted by atomic mass is 16.6. The zero-order valence-corrected chi connectivity index (χ0v) is 15.7. The van der Waals surface area contributed by atoms with Gasteiger partial charge < -0.3 is 5.32 Å². The molecule has 0 fully saturated rings. The maximum absolute atomic E-state index is 12.1. The number of nitro benzene ring substituents is 1. The van der Waals surface area contributed by atoms with E-state index in [1.54, 1.807) is 12.1 Å². The van der Waals surface area contributed by atoms with Crippen LogP contribution in [0.1, 0.15) is 11.1 Å². The zero-order chi connectivity index (χ0) is 21.0. The molecule has 148 valence electrons. The molecule has 0 aliphatic rings. The van der Waals surface area contributed by atoms with Crippen LogP contribution in [0, 0.1) is 24.0 Å². The SMILES string of the molecule is Cc1ccc(NC(=O)NC(=O)Cn2cnc(-c3cccc([N+](=O)[O-])c3)n2)c(C)c1. The molecule has 1 heterocycles. The van der Waals surface area contributed by atoms with Crippen molar-refractivity contribution in [3.05, 3.63) is 70.0 Å². The second-order valence-electron chi connectivity index (χ2n) is 6.39. The van der Waals surface area contributed by atoms with E-state index in [1.807, 2.05) is 26.0 Å². The second kappa shape index (κ2) is 8.30. The molecule has 10 nitrogen and oxygen atoms in total. The summed E-state index contributed by atoms with van der Waals surface area (Å²) in [6, 6.07) is 10.7. The van der Waals surface area contributed by atoms with Crippen molar-refractivity contribution in [2.24, 2.45) is 0 Å². The number of nitrogens with one attached hydrogen (secondary N) is 2. The lowest BCUT2D eigenvalue weighted by Crippen LogP contribution is -2.36. The van der Waals surface area contributed by atoms with Crippen molar-refractivity contribution in [1.82, 2.24) is 20.1 Å². The van der Waals surface area contributed by atoms with Gasteiger partial charge in [-0.3, -0.25) is 20.2 Å². The van der Waals surface area contributed by atoms with Crippen molar-refractivity contribution in [2.45, 2.75) is 20.4 Å². The highest BCUT2D eigenvalue weighted by Crippen LogP contribution is 2.20. The summed E-state index contributed by atoms with van der Waals surface area (Å²) in [6.07, 6.45) is 1.32. The summed E-state index contributed by atoms with van der Waals surface area (Å²) < 4.78 is 1.24. The molecule has 0 saturated carbocycles. The number of non-ortho nitro benzene ring substituents is 1. The molecular formula is C19H18N6O4. The molecule has 0 aliphatic carbocycles. The van der Waals surface area contributed by atoms with Crippen molar-refractivity contribution in [3.8, 4) is 11.4 Å². The van der Waals surface area contributed by atoms with Crippen LogP contribution in [0.3, 0.4) is 0 Å². The van der Waals surface area contributed by atoms with Gasteiger partial charge in [-0.15, -0.1) is 0 Å². The number of urea groups is 1. The minimum Gasteiger partial charge on any atom is -0.307 e. The molecule has 0 atom stereocenters. The van der Waals surface area contributed by atoms with E-state index in [1.165, 1.54) is 29.2 Å². The van der Waals surface area contributed by atoms with E-state index in [0.717, 1.165) is 11.1 Å². The summed E-state index contributed by atoms with van der Waals surface area (Å²) in [5, 5.41) is 19.8. The van der Waals surface area contributed by atoms with Gasteiger partial charge >= 0.3 is 6.03 Å². The standard InChI is InChI=1S/C19H18N6O4/c1-12-6-7-16(13(2)8-12)21-19(27)22-17(26)10-24-11-20-18(23-24)14-4-3-5-15(9-14)25(28)29/h3-9,11H,10H2,1-2H3,(H2,21,22,26,27). The van der Waals surface area contributed by atoms with Crippen LogP contribution in [0.2, 0.25) is 0 Å². The first-order valence-electron chi connectivity index (χ1n) is 8.64. The minimum absolute atomic E-state index is 0.0836. The van der Waals surface area contributed by atoms with Gasteiger partial charge in [0.15, 0.2) is 5.82 Å². The highest BCUT2D eigenvalue weighted by Gasteiger charge is 2.13. The fourth-order valence-corrected chi connectivity index (χ4v) is 2.68. The molecule has 0 bridgehead atoms. The smallest absolute Gasteiger partial charge is 0.307 e. The summed E-state index contributed by atoms with van der Waals surface area (Å²) in [6.45, 7) is 3.57. The third kappa shape index (κ3) is 5.01. The fraction of sp³-hybridized carbons (Fsp3) is 0.158. The molecule has 0 saturated heterocycles. The molecule has 3 aromatic rings. The average Bonchev–Trinajstić information content (AvgIpc) is 3.12. The first-order chi connectivity index (χ1) is 13.8. The number of aromatic nitrogens is 3. The number of benzene rings is 2. The Kier molecular flexibility index (Phi) is 5.63. The number of carbonyl (C=O) groups excluding carboxylic acids is 2. The largest absolute Gasteiger partial charge is 0.325 e. The summed E-state index contributed by atoms with van der Waals surface area (Å²) in [5.74, 6) is -0.344. The Morgan fingerprint density at radius 3 is 2.69 bits per heavy atom. The minimum atomic E-state index is -0.652. The van der Waals surface area contributed by atoms with Gasteiger partial charge in [0.25, 0.3) is 5.69 Å². The fourth-order valence-electron chi connectivity index (χ4n) is 2.68. The number of amides is 3. The molecular weight excluding hydrogens is 376 g/mol. The van der Waals surface area contributed by atoms with Crippen molar-refractivity contribution in [3.63, 3.8) is 0 Å². The molecule has 0 radical (unpaired) electrons. The number of rotatable bonds is 5. The molecule has 3 rings (SSSR count). The molecule has 0 aliphatic heterocycles. The monoisotopic (exact) mass is 394 g/mol. The van der Waals surface area contributed by atoms with Gasteiger partial charge in [0.05, 0.1) is 4.92 Å². The van der Waals surface area contributed by atoms with Crippen LogP contribution in [-0.4, -0.2) is 31.6 Å². The van der Waals surface area contributed by atoms with Crippen molar-refractivity contribution in [1.29, 1.82) is 0 Å². The van der Waals surface area contributed by atoms with Crippen LogP contribution in [0.5, 0.6) is 0 Å². The van der Waals surface area contributed by atoms with Crippen LogP contribution in [0.15, 0.2) is 48.8 Å². The number of imide groups is 1. The van der Waals surface area contributed by atoms with Gasteiger partial charge in [0, 0.05) is 23.4 Å². The Morgan fingerprint density at radius 2 is 1.97 bits per heavy atom. The Morgan fingerprint density at radius 1 is 1.17 bits per heavy atom.